The van der Waals surface area contributed by atoms with Gasteiger partial charge in [0.15, 0.2) is 0 Å². The molecule has 1 aromatic rings. The number of ether oxygens (including phenoxy) is 1. The summed E-state index contributed by atoms with van der Waals surface area (Å²) >= 11 is 0. The maximum atomic E-state index is 6.08. The highest BCUT2D eigenvalue weighted by Gasteiger charge is 2.47. The van der Waals surface area contributed by atoms with Gasteiger partial charge < -0.3 is 10.5 Å². The van der Waals surface area contributed by atoms with Crippen LogP contribution in [0.3, 0.4) is 0 Å². The minimum Gasteiger partial charge on any atom is -0.490 e. The second-order valence-corrected chi connectivity index (χ2v) is 5.64. The Morgan fingerprint density at radius 1 is 1.24 bits per heavy atom. The van der Waals surface area contributed by atoms with Crippen molar-refractivity contribution in [2.75, 3.05) is 0 Å². The third-order valence-electron chi connectivity index (χ3n) is 4.44. The third-order valence-corrected chi connectivity index (χ3v) is 4.44. The summed E-state index contributed by atoms with van der Waals surface area (Å²) in [5.41, 5.74) is 7.72. The van der Waals surface area contributed by atoms with Gasteiger partial charge in [-0.1, -0.05) is 12.1 Å². The lowest BCUT2D eigenvalue weighted by atomic mass is 9.89. The highest BCUT2D eigenvalue weighted by Crippen LogP contribution is 2.50. The number of hydrogen-bond donors (Lipinski definition) is 1. The monoisotopic (exact) mass is 231 g/mol. The second-order valence-electron chi connectivity index (χ2n) is 5.64. The van der Waals surface area contributed by atoms with Gasteiger partial charge in [0, 0.05) is 11.5 Å². The van der Waals surface area contributed by atoms with Crippen molar-refractivity contribution < 1.29 is 4.74 Å². The van der Waals surface area contributed by atoms with Crippen molar-refractivity contribution in [2.45, 2.75) is 56.6 Å². The lowest BCUT2D eigenvalue weighted by molar-refractivity contribution is 0.120. The van der Waals surface area contributed by atoms with Crippen molar-refractivity contribution in [3.05, 3.63) is 29.8 Å². The van der Waals surface area contributed by atoms with Crippen LogP contribution in [-0.4, -0.2) is 12.1 Å². The summed E-state index contributed by atoms with van der Waals surface area (Å²) in [7, 11) is 0. The Morgan fingerprint density at radius 2 is 1.88 bits per heavy atom. The van der Waals surface area contributed by atoms with Crippen LogP contribution < -0.4 is 10.5 Å². The lowest BCUT2D eigenvalue weighted by Crippen LogP contribution is -2.31. The molecule has 0 radical (unpaired) electrons. The SMILES string of the molecule is CC(N)C1(c2ccc(OC3CCC3)cc2)CC1. The van der Waals surface area contributed by atoms with Gasteiger partial charge in [-0.05, 0) is 56.7 Å². The fourth-order valence-electron chi connectivity index (χ4n) is 2.69. The molecule has 2 aliphatic carbocycles. The van der Waals surface area contributed by atoms with Gasteiger partial charge in [0.05, 0.1) is 6.10 Å². The molecule has 3 rings (SSSR count). The van der Waals surface area contributed by atoms with Crippen molar-refractivity contribution >= 4 is 0 Å². The summed E-state index contributed by atoms with van der Waals surface area (Å²) in [5, 5.41) is 0. The van der Waals surface area contributed by atoms with E-state index in [2.05, 4.69) is 31.2 Å². The van der Waals surface area contributed by atoms with Gasteiger partial charge in [-0.2, -0.15) is 0 Å². The minimum absolute atomic E-state index is 0.251. The quantitative estimate of drug-likeness (QED) is 0.864. The zero-order valence-corrected chi connectivity index (χ0v) is 10.5. The Bertz CT molecular complexity index is 388. The average molecular weight is 231 g/mol. The number of hydrogen-bond acceptors (Lipinski definition) is 2. The maximum absolute atomic E-state index is 6.08. The minimum atomic E-state index is 0.251. The molecule has 2 nitrogen and oxygen atoms in total. The molecule has 2 saturated carbocycles. The number of nitrogens with two attached hydrogens (primary N) is 1. The number of rotatable bonds is 4. The van der Waals surface area contributed by atoms with Gasteiger partial charge >= 0.3 is 0 Å². The molecule has 2 heteroatoms. The predicted molar refractivity (Wildman–Crippen MR) is 69.3 cm³/mol. The van der Waals surface area contributed by atoms with Crippen molar-refractivity contribution in [3.63, 3.8) is 0 Å². The van der Waals surface area contributed by atoms with E-state index in [0.29, 0.717) is 6.10 Å². The van der Waals surface area contributed by atoms with E-state index in [-0.39, 0.29) is 11.5 Å². The maximum Gasteiger partial charge on any atom is 0.119 e. The first-order valence-corrected chi connectivity index (χ1v) is 6.73. The van der Waals surface area contributed by atoms with Crippen molar-refractivity contribution in [2.24, 2.45) is 5.73 Å². The molecule has 1 aromatic carbocycles. The highest BCUT2D eigenvalue weighted by molar-refractivity contribution is 5.37. The van der Waals surface area contributed by atoms with Crippen LogP contribution in [0.5, 0.6) is 5.75 Å². The van der Waals surface area contributed by atoms with Crippen molar-refractivity contribution in [1.29, 1.82) is 0 Å². The van der Waals surface area contributed by atoms with E-state index in [1.165, 1.54) is 37.7 Å². The topological polar surface area (TPSA) is 35.2 Å². The lowest BCUT2D eigenvalue weighted by Gasteiger charge is -2.27. The van der Waals surface area contributed by atoms with Gasteiger partial charge in [-0.3, -0.25) is 0 Å². The summed E-state index contributed by atoms with van der Waals surface area (Å²) in [5.74, 6) is 1.01. The molecule has 2 fully saturated rings. The molecule has 2 N–H and O–H groups in total. The van der Waals surface area contributed by atoms with Crippen molar-refractivity contribution in [3.8, 4) is 5.75 Å². The van der Waals surface area contributed by atoms with E-state index in [4.69, 9.17) is 10.5 Å². The van der Waals surface area contributed by atoms with Crippen LogP contribution in [0.25, 0.3) is 0 Å². The molecule has 17 heavy (non-hydrogen) atoms. The Balaban J connectivity index is 1.71. The number of benzene rings is 1. The summed E-state index contributed by atoms with van der Waals surface area (Å²) in [6, 6.07) is 8.86. The molecule has 0 amide bonds. The van der Waals surface area contributed by atoms with Crippen LogP contribution in [0.1, 0.15) is 44.6 Å². The molecule has 1 unspecified atom stereocenters. The summed E-state index contributed by atoms with van der Waals surface area (Å²) in [6.45, 7) is 2.12. The van der Waals surface area contributed by atoms with Crippen LogP contribution in [0, 0.1) is 0 Å². The molecule has 2 aliphatic rings. The van der Waals surface area contributed by atoms with E-state index in [9.17, 15) is 0 Å². The van der Waals surface area contributed by atoms with E-state index in [0.717, 1.165) is 5.75 Å². The molecule has 0 spiro atoms. The zero-order chi connectivity index (χ0) is 11.9. The zero-order valence-electron chi connectivity index (χ0n) is 10.5. The van der Waals surface area contributed by atoms with Crippen molar-refractivity contribution in [1.82, 2.24) is 0 Å². The van der Waals surface area contributed by atoms with Gasteiger partial charge in [0.25, 0.3) is 0 Å². The molecular weight excluding hydrogens is 210 g/mol. The fourth-order valence-corrected chi connectivity index (χ4v) is 2.69. The average Bonchev–Trinajstić information content (AvgIpc) is 3.05. The van der Waals surface area contributed by atoms with E-state index in [1.54, 1.807) is 0 Å². The predicted octanol–water partition coefficient (Wildman–Crippen LogP) is 3.00. The Hall–Kier alpha value is -1.02. The molecule has 1 atom stereocenters. The smallest absolute Gasteiger partial charge is 0.119 e. The summed E-state index contributed by atoms with van der Waals surface area (Å²) < 4.78 is 5.87. The third kappa shape index (κ3) is 1.95. The van der Waals surface area contributed by atoms with E-state index in [1.807, 2.05) is 0 Å². The first-order valence-electron chi connectivity index (χ1n) is 6.73. The molecule has 0 aromatic heterocycles. The molecule has 0 saturated heterocycles. The van der Waals surface area contributed by atoms with Gasteiger partial charge in [-0.25, -0.2) is 0 Å². The van der Waals surface area contributed by atoms with Gasteiger partial charge in [0.2, 0.25) is 0 Å². The first kappa shape index (κ1) is 11.1. The van der Waals surface area contributed by atoms with Gasteiger partial charge in [-0.15, -0.1) is 0 Å². The van der Waals surface area contributed by atoms with Crippen LogP contribution in [-0.2, 0) is 5.41 Å². The second kappa shape index (κ2) is 4.02. The molecule has 92 valence electrons. The Labute approximate surface area is 103 Å². The van der Waals surface area contributed by atoms with Crippen LogP contribution in [0.15, 0.2) is 24.3 Å². The standard InChI is InChI=1S/C15H21NO/c1-11(16)15(9-10-15)12-5-7-14(8-6-12)17-13-3-2-4-13/h5-8,11,13H,2-4,9-10,16H2,1H3. The fraction of sp³-hybridized carbons (Fsp3) is 0.600. The summed E-state index contributed by atoms with van der Waals surface area (Å²) in [6.07, 6.45) is 6.67. The first-order chi connectivity index (χ1) is 8.21. The molecule has 0 aliphatic heterocycles. The highest BCUT2D eigenvalue weighted by atomic mass is 16.5. The largest absolute Gasteiger partial charge is 0.490 e. The van der Waals surface area contributed by atoms with Crippen LogP contribution >= 0.6 is 0 Å². The summed E-state index contributed by atoms with van der Waals surface area (Å²) in [4.78, 5) is 0. The van der Waals surface area contributed by atoms with E-state index < -0.39 is 0 Å². The normalized spacial score (nSPS) is 23.9. The Kier molecular flexibility index (Phi) is 2.62. The molecule has 0 heterocycles. The Morgan fingerprint density at radius 3 is 2.29 bits per heavy atom. The van der Waals surface area contributed by atoms with E-state index >= 15 is 0 Å². The molecule has 0 bridgehead atoms. The molecular formula is C15H21NO. The van der Waals surface area contributed by atoms with Crippen LogP contribution in [0.4, 0.5) is 0 Å². The van der Waals surface area contributed by atoms with Crippen LogP contribution in [0.2, 0.25) is 0 Å². The van der Waals surface area contributed by atoms with Gasteiger partial charge in [0.1, 0.15) is 5.75 Å².